The van der Waals surface area contributed by atoms with E-state index in [-0.39, 0.29) is 31.9 Å². The maximum atomic E-state index is 16.6. The van der Waals surface area contributed by atoms with E-state index in [2.05, 4.69) is 0 Å². The Morgan fingerprint density at radius 1 is 0.346 bits per heavy atom. The molecule has 0 aliphatic heterocycles. The molecule has 0 fully saturated rings. The number of hydrogen-bond acceptors (Lipinski definition) is 5. The fourth-order valence-corrected chi connectivity index (χ4v) is 11.4. The lowest BCUT2D eigenvalue weighted by Gasteiger charge is -2.42. The molecule has 0 atom stereocenters. The second kappa shape index (κ2) is 20.8. The minimum Gasteiger partial charge on any atom is -0.447 e. The van der Waals surface area contributed by atoms with Gasteiger partial charge in [0.15, 0.2) is 34.8 Å². The molecule has 26 heteroatoms. The molecular formula is C52H22F20O5S. The number of hydrogen-bond donors (Lipinski definition) is 0. The minimum absolute atomic E-state index is 0.0404. The van der Waals surface area contributed by atoms with Crippen LogP contribution in [0.1, 0.15) is 27.0 Å². The van der Waals surface area contributed by atoms with Gasteiger partial charge in [-0.25, -0.2) is 66.3 Å². The Bertz CT molecular complexity index is 3650. The second-order valence-corrected chi connectivity index (χ2v) is 18.8. The second-order valence-electron chi connectivity index (χ2n) is 16.2. The van der Waals surface area contributed by atoms with Crippen LogP contribution in [0.5, 0.6) is 34.5 Å². The van der Waals surface area contributed by atoms with Crippen molar-refractivity contribution < 1.29 is 111 Å². The van der Waals surface area contributed by atoms with E-state index >= 15 is 57.5 Å². The molecule has 0 saturated carbocycles. The van der Waals surface area contributed by atoms with Gasteiger partial charge in [-0.15, -0.1) is 0 Å². The van der Waals surface area contributed by atoms with Crippen molar-refractivity contribution in [2.45, 2.75) is 35.5 Å². The van der Waals surface area contributed by atoms with Crippen molar-refractivity contribution in [2.24, 2.45) is 0 Å². The van der Waals surface area contributed by atoms with Gasteiger partial charge in [-0.05, 0) is 66.5 Å². The summed E-state index contributed by atoms with van der Waals surface area (Å²) < 4.78 is 327. The van der Waals surface area contributed by atoms with Gasteiger partial charge in [0, 0.05) is 26.3 Å². The zero-order valence-corrected chi connectivity index (χ0v) is 39.3. The number of aryl methyl sites for hydroxylation is 3. The van der Waals surface area contributed by atoms with Gasteiger partial charge < -0.3 is 18.4 Å². The van der Waals surface area contributed by atoms with Crippen LogP contribution in [0.4, 0.5) is 87.8 Å². The number of carbonyl (C=O) groups excluding carboxylic acids is 1. The Kier molecular flexibility index (Phi) is 14.9. The van der Waals surface area contributed by atoms with E-state index in [1.165, 1.54) is 86.6 Å². The first-order valence-corrected chi connectivity index (χ1v) is 22.8. The normalized spacial score (nSPS) is 11.8. The first kappa shape index (κ1) is 55.8. The molecule has 0 spiro atoms. The quantitative estimate of drug-likeness (QED) is 0.0693. The molecule has 406 valence electrons. The van der Waals surface area contributed by atoms with E-state index in [9.17, 15) is 35.1 Å². The van der Waals surface area contributed by atoms with Crippen LogP contribution in [0, 0.1) is 137 Å². The number of ether oxygens (including phenoxy) is 3. The third-order valence-corrected chi connectivity index (χ3v) is 14.7. The van der Waals surface area contributed by atoms with E-state index in [1.807, 2.05) is 0 Å². The molecule has 0 aromatic heterocycles. The molecule has 0 radical (unpaired) electrons. The molecule has 0 aliphatic carbocycles. The van der Waals surface area contributed by atoms with Crippen molar-refractivity contribution in [1.29, 1.82) is 0 Å². The standard InChI is InChI=1S/C52H22F20O5S/c1-17-14-18(2)51(19(3)15-17)78(20-10-6-4-7-11-20,21-12-8-5-9-13-21)77-52(73)22-16-23(74-48-40(67)34(61)31(58)35(62)41(48)68)46(75-49-42(69)36(63)32(59)37(64)43(49)70)47(76-50-44(71)38(65)33(60)39(66)45(50)72)24(22)25-26(53)28(55)30(57)29(56)27(25)54/h4-16H,1-3H3. The molecule has 0 amide bonds. The summed E-state index contributed by atoms with van der Waals surface area (Å²) in [6.07, 6.45) is 0. The Balaban J connectivity index is 1.64. The zero-order valence-electron chi connectivity index (χ0n) is 38.5. The third kappa shape index (κ3) is 8.99. The molecule has 8 aromatic rings. The lowest BCUT2D eigenvalue weighted by Crippen LogP contribution is -2.18. The highest BCUT2D eigenvalue weighted by atomic mass is 32.3. The van der Waals surface area contributed by atoms with E-state index in [1.54, 1.807) is 6.92 Å². The number of carbonyl (C=O) groups is 1. The predicted molar refractivity (Wildman–Crippen MR) is 232 cm³/mol. The molecule has 0 N–H and O–H groups in total. The van der Waals surface area contributed by atoms with Gasteiger partial charge in [-0.3, -0.25) is 0 Å². The van der Waals surface area contributed by atoms with Crippen LogP contribution in [-0.2, 0) is 4.18 Å². The lowest BCUT2D eigenvalue weighted by atomic mass is 9.95. The summed E-state index contributed by atoms with van der Waals surface area (Å²) in [5.74, 6) is -79.5. The number of halogens is 20. The molecule has 8 rings (SSSR count). The van der Waals surface area contributed by atoms with Gasteiger partial charge in [0.25, 0.3) is 0 Å². The maximum absolute atomic E-state index is 16.6. The van der Waals surface area contributed by atoms with Crippen molar-refractivity contribution >= 4 is 16.3 Å². The predicted octanol–water partition coefficient (Wildman–Crippen LogP) is 17.5. The van der Waals surface area contributed by atoms with E-state index in [0.717, 1.165) is 0 Å². The van der Waals surface area contributed by atoms with Crippen molar-refractivity contribution in [3.05, 3.63) is 217 Å². The fourth-order valence-electron chi connectivity index (χ4n) is 7.97. The van der Waals surface area contributed by atoms with Crippen LogP contribution in [0.3, 0.4) is 0 Å². The highest BCUT2D eigenvalue weighted by Crippen LogP contribution is 2.71. The highest BCUT2D eigenvalue weighted by molar-refractivity contribution is 8.30. The Morgan fingerprint density at radius 3 is 1.01 bits per heavy atom. The molecular weight excluding hydrogens is 1120 g/mol. The van der Waals surface area contributed by atoms with Crippen LogP contribution < -0.4 is 14.2 Å². The Labute approximate surface area is 424 Å². The van der Waals surface area contributed by atoms with Crippen LogP contribution in [-0.4, -0.2) is 5.97 Å². The maximum Gasteiger partial charge on any atom is 0.350 e. The van der Waals surface area contributed by atoms with Crippen LogP contribution in [0.2, 0.25) is 0 Å². The molecule has 0 saturated heterocycles. The van der Waals surface area contributed by atoms with E-state index in [0.29, 0.717) is 5.56 Å². The molecule has 5 nitrogen and oxygen atoms in total. The minimum atomic E-state index is -3.98. The summed E-state index contributed by atoms with van der Waals surface area (Å²) in [6.45, 7) is 4.55. The summed E-state index contributed by atoms with van der Waals surface area (Å²) in [7, 11) is -3.98. The molecule has 0 bridgehead atoms. The number of rotatable bonds is 12. The average Bonchev–Trinajstić information content (AvgIpc) is 3.48. The summed E-state index contributed by atoms with van der Waals surface area (Å²) in [4.78, 5) is 15.6. The van der Waals surface area contributed by atoms with Gasteiger partial charge in [0.05, 0.1) is 11.1 Å². The molecule has 78 heavy (non-hydrogen) atoms. The summed E-state index contributed by atoms with van der Waals surface area (Å²) >= 11 is 0. The Morgan fingerprint density at radius 2 is 0.654 bits per heavy atom. The van der Waals surface area contributed by atoms with Crippen molar-refractivity contribution in [3.8, 4) is 45.6 Å². The topological polar surface area (TPSA) is 54.0 Å². The SMILES string of the molecule is Cc1cc(C)c(S(OC(=O)c2cc(Oc3c(F)c(F)c(F)c(F)c3F)c(Oc3c(F)c(F)c(F)c(F)c3F)c(Oc3c(F)c(F)c(F)c(F)c3F)c2-c2c(F)c(F)c(F)c(F)c2F)(c2ccccc2)c2ccccc2)c(C)c1. The summed E-state index contributed by atoms with van der Waals surface area (Å²) in [5.41, 5.74) is -6.05. The smallest absolute Gasteiger partial charge is 0.350 e. The van der Waals surface area contributed by atoms with Gasteiger partial charge in [-0.1, -0.05) is 54.1 Å². The van der Waals surface area contributed by atoms with Crippen molar-refractivity contribution in [2.75, 3.05) is 0 Å². The van der Waals surface area contributed by atoms with Crippen LogP contribution in [0.25, 0.3) is 11.1 Å². The van der Waals surface area contributed by atoms with Crippen molar-refractivity contribution in [3.63, 3.8) is 0 Å². The Hall–Kier alpha value is -8.42. The molecule has 0 aliphatic rings. The molecule has 0 unspecified atom stereocenters. The number of benzene rings is 8. The van der Waals surface area contributed by atoms with Crippen LogP contribution >= 0.6 is 10.3 Å². The first-order chi connectivity index (χ1) is 36.7. The van der Waals surface area contributed by atoms with Crippen molar-refractivity contribution in [1.82, 2.24) is 0 Å². The summed E-state index contributed by atoms with van der Waals surface area (Å²) in [6, 6.07) is 16.3. The van der Waals surface area contributed by atoms with Gasteiger partial charge >= 0.3 is 5.97 Å². The first-order valence-electron chi connectivity index (χ1n) is 21.2. The third-order valence-electron chi connectivity index (χ3n) is 11.3. The highest BCUT2D eigenvalue weighted by Gasteiger charge is 2.44. The van der Waals surface area contributed by atoms with E-state index < -0.39 is 184 Å². The monoisotopic (exact) mass is 1140 g/mol. The lowest BCUT2D eigenvalue weighted by molar-refractivity contribution is 0.0757. The van der Waals surface area contributed by atoms with Gasteiger partial charge in [-0.2, -0.15) is 26.3 Å². The van der Waals surface area contributed by atoms with E-state index in [4.69, 9.17) is 18.4 Å². The largest absolute Gasteiger partial charge is 0.447 e. The molecule has 8 aromatic carbocycles. The molecule has 0 heterocycles. The zero-order chi connectivity index (χ0) is 57.3. The average molecular weight is 1140 g/mol. The fraction of sp³-hybridized carbons (Fsp3) is 0.0577. The summed E-state index contributed by atoms with van der Waals surface area (Å²) in [5, 5.41) is 0. The van der Waals surface area contributed by atoms with Gasteiger partial charge in [0.2, 0.25) is 116 Å². The van der Waals surface area contributed by atoms with Gasteiger partial charge in [0.1, 0.15) is 0 Å². The van der Waals surface area contributed by atoms with Crippen LogP contribution in [0.15, 0.2) is 93.5 Å².